The molecule has 0 aliphatic heterocycles. The van der Waals surface area contributed by atoms with E-state index in [1.54, 1.807) is 0 Å². The molecule has 0 bridgehead atoms. The van der Waals surface area contributed by atoms with E-state index in [1.807, 2.05) is 21.1 Å². The maximum Gasteiger partial charge on any atom is 0.472 e. The molecule has 3 atom stereocenters. The van der Waals surface area contributed by atoms with Crippen LogP contribution in [-0.2, 0) is 18.4 Å². The largest absolute Gasteiger partial charge is 0.472 e. The molecule has 0 heterocycles. The van der Waals surface area contributed by atoms with Gasteiger partial charge < -0.3 is 19.8 Å². The Morgan fingerprint density at radius 2 is 1.04 bits per heavy atom. The molecule has 9 heteroatoms. The second-order valence-electron chi connectivity index (χ2n) is 14.7. The van der Waals surface area contributed by atoms with Gasteiger partial charge in [-0.2, -0.15) is 0 Å². The third-order valence-corrected chi connectivity index (χ3v) is 9.84. The summed E-state index contributed by atoms with van der Waals surface area (Å²) in [5, 5.41) is 13.8. The van der Waals surface area contributed by atoms with E-state index in [-0.39, 0.29) is 19.1 Å². The molecule has 0 aromatic rings. The van der Waals surface area contributed by atoms with Crippen molar-refractivity contribution in [3.63, 3.8) is 0 Å². The number of quaternary nitrogens is 1. The van der Waals surface area contributed by atoms with E-state index in [9.17, 15) is 19.4 Å². The van der Waals surface area contributed by atoms with Gasteiger partial charge in [0.1, 0.15) is 13.2 Å². The number of carbonyl (C=O) groups is 1. The Balaban J connectivity index is 4.37. The fraction of sp³-hybridized carbons (Fsp3) is 0.973. The number of rotatable bonds is 35. The predicted octanol–water partition coefficient (Wildman–Crippen LogP) is 9.85. The van der Waals surface area contributed by atoms with Gasteiger partial charge in [-0.15, -0.1) is 0 Å². The number of unbranched alkanes of at least 4 members (excludes halogenated alkanes) is 22. The molecule has 276 valence electrons. The van der Waals surface area contributed by atoms with Gasteiger partial charge in [0.2, 0.25) is 5.91 Å². The van der Waals surface area contributed by atoms with Gasteiger partial charge in [0.15, 0.2) is 0 Å². The van der Waals surface area contributed by atoms with Crippen LogP contribution in [0.3, 0.4) is 0 Å². The predicted molar refractivity (Wildman–Crippen MR) is 194 cm³/mol. The summed E-state index contributed by atoms with van der Waals surface area (Å²) in [5.41, 5.74) is 0. The lowest BCUT2D eigenvalue weighted by molar-refractivity contribution is -0.870. The van der Waals surface area contributed by atoms with Gasteiger partial charge in [-0.05, 0) is 12.8 Å². The average molecular weight is 678 g/mol. The third-order valence-electron chi connectivity index (χ3n) is 8.86. The maximum absolute atomic E-state index is 12.7. The van der Waals surface area contributed by atoms with Crippen molar-refractivity contribution in [2.45, 2.75) is 193 Å². The summed E-state index contributed by atoms with van der Waals surface area (Å²) in [6.45, 7) is 4.85. The molecule has 1 unspecified atom stereocenters. The molecule has 0 saturated carbocycles. The Kier molecular flexibility index (Phi) is 30.2. The molecule has 0 spiro atoms. The summed E-state index contributed by atoms with van der Waals surface area (Å²) < 4.78 is 23.5. The summed E-state index contributed by atoms with van der Waals surface area (Å²) in [6.07, 6.45) is 29.8. The van der Waals surface area contributed by atoms with Gasteiger partial charge in [0.25, 0.3) is 0 Å². The van der Waals surface area contributed by atoms with E-state index in [1.165, 1.54) is 116 Å². The number of aliphatic hydroxyl groups is 1. The van der Waals surface area contributed by atoms with E-state index in [0.717, 1.165) is 38.5 Å². The number of amides is 1. The smallest absolute Gasteiger partial charge is 0.391 e. The average Bonchev–Trinajstić information content (AvgIpc) is 2.99. The van der Waals surface area contributed by atoms with Crippen LogP contribution in [0.4, 0.5) is 0 Å². The number of carbonyl (C=O) groups excluding carboxylic acids is 1. The van der Waals surface area contributed by atoms with E-state index in [2.05, 4.69) is 19.2 Å². The number of phosphoric ester groups is 1. The SMILES string of the molecule is CCCCCCCCCCCCCCCCCC[C@@H](O)[C@H](COP(=O)(O)OCC[N+](C)(C)C)NC(=O)CCCCCCCCCC. The number of hydrogen-bond acceptors (Lipinski definition) is 5. The number of phosphoric acid groups is 1. The second-order valence-corrected chi connectivity index (χ2v) is 16.1. The Morgan fingerprint density at radius 1 is 0.652 bits per heavy atom. The molecular formula is C37H78N2O6P+. The molecule has 1 amide bonds. The van der Waals surface area contributed by atoms with Gasteiger partial charge >= 0.3 is 7.82 Å². The highest BCUT2D eigenvalue weighted by molar-refractivity contribution is 7.47. The first-order chi connectivity index (χ1) is 22.0. The zero-order valence-electron chi connectivity index (χ0n) is 31.1. The lowest BCUT2D eigenvalue weighted by atomic mass is 10.0. The van der Waals surface area contributed by atoms with Crippen LogP contribution >= 0.6 is 7.82 Å². The molecule has 0 rings (SSSR count). The number of nitrogens with zero attached hydrogens (tertiary/aromatic N) is 1. The molecule has 0 aromatic heterocycles. The maximum atomic E-state index is 12.7. The van der Waals surface area contributed by atoms with Gasteiger partial charge in [0.05, 0.1) is 39.9 Å². The molecule has 0 aromatic carbocycles. The fourth-order valence-electron chi connectivity index (χ4n) is 5.69. The standard InChI is InChI=1S/C37H77N2O6P/c1-6-8-10-12-14-16-17-18-19-20-21-22-23-24-26-28-30-36(40)35(34-45-46(42,43)44-33-32-39(3,4)5)38-37(41)31-29-27-25-15-13-11-9-7-2/h35-36,40H,6-34H2,1-5H3,(H-,38,41,42,43)/p+1/t35-,36+/m0/s1. The summed E-state index contributed by atoms with van der Waals surface area (Å²) in [5.74, 6) is -0.149. The van der Waals surface area contributed by atoms with Crippen molar-refractivity contribution in [1.82, 2.24) is 5.32 Å². The molecule has 0 radical (unpaired) electrons. The summed E-state index contributed by atoms with van der Waals surface area (Å²) in [6, 6.07) is -0.750. The molecule has 0 saturated heterocycles. The van der Waals surface area contributed by atoms with Crippen molar-refractivity contribution in [2.24, 2.45) is 0 Å². The minimum absolute atomic E-state index is 0.0779. The first kappa shape index (κ1) is 45.5. The van der Waals surface area contributed by atoms with Crippen LogP contribution in [0, 0.1) is 0 Å². The van der Waals surface area contributed by atoms with Crippen molar-refractivity contribution < 1.29 is 32.9 Å². The highest BCUT2D eigenvalue weighted by Gasteiger charge is 2.28. The van der Waals surface area contributed by atoms with Crippen molar-refractivity contribution in [1.29, 1.82) is 0 Å². The summed E-state index contributed by atoms with van der Waals surface area (Å²) in [7, 11) is 1.62. The monoisotopic (exact) mass is 678 g/mol. The van der Waals surface area contributed by atoms with Crippen molar-refractivity contribution >= 4 is 13.7 Å². The van der Waals surface area contributed by atoms with Crippen LogP contribution < -0.4 is 5.32 Å². The number of hydrogen-bond donors (Lipinski definition) is 3. The molecule has 0 aliphatic carbocycles. The minimum atomic E-state index is -4.29. The van der Waals surface area contributed by atoms with Crippen LogP contribution in [0.15, 0.2) is 0 Å². The molecule has 0 fully saturated rings. The number of nitrogens with one attached hydrogen (secondary N) is 1. The van der Waals surface area contributed by atoms with Crippen LogP contribution in [0.1, 0.15) is 181 Å². The van der Waals surface area contributed by atoms with Gasteiger partial charge in [0, 0.05) is 6.42 Å². The zero-order chi connectivity index (χ0) is 34.4. The highest BCUT2D eigenvalue weighted by atomic mass is 31.2. The van der Waals surface area contributed by atoms with E-state index < -0.39 is 20.0 Å². The quantitative estimate of drug-likeness (QED) is 0.0350. The van der Waals surface area contributed by atoms with Gasteiger partial charge in [-0.25, -0.2) is 4.57 Å². The molecule has 3 N–H and O–H groups in total. The molecule has 46 heavy (non-hydrogen) atoms. The summed E-state index contributed by atoms with van der Waals surface area (Å²) >= 11 is 0. The fourth-order valence-corrected chi connectivity index (χ4v) is 6.43. The van der Waals surface area contributed by atoms with Crippen LogP contribution in [-0.4, -0.2) is 73.4 Å². The first-order valence-electron chi connectivity index (χ1n) is 19.4. The summed E-state index contributed by atoms with van der Waals surface area (Å²) in [4.78, 5) is 22.9. The van der Waals surface area contributed by atoms with Crippen LogP contribution in [0.25, 0.3) is 0 Å². The van der Waals surface area contributed by atoms with E-state index in [4.69, 9.17) is 9.05 Å². The van der Waals surface area contributed by atoms with Crippen LogP contribution in [0.2, 0.25) is 0 Å². The highest BCUT2D eigenvalue weighted by Crippen LogP contribution is 2.43. The number of likely N-dealkylation sites (N-methyl/N-ethyl adjacent to an activating group) is 1. The second kappa shape index (κ2) is 30.6. The van der Waals surface area contributed by atoms with Crippen LogP contribution in [0.5, 0.6) is 0 Å². The normalized spacial score (nSPS) is 14.7. The zero-order valence-corrected chi connectivity index (χ0v) is 32.0. The van der Waals surface area contributed by atoms with Gasteiger partial charge in [-0.1, -0.05) is 162 Å². The lowest BCUT2D eigenvalue weighted by Gasteiger charge is -2.26. The molecular weight excluding hydrogens is 599 g/mol. The first-order valence-corrected chi connectivity index (χ1v) is 20.9. The molecule has 8 nitrogen and oxygen atoms in total. The Labute approximate surface area is 285 Å². The van der Waals surface area contributed by atoms with E-state index in [0.29, 0.717) is 23.9 Å². The third kappa shape index (κ3) is 32.1. The van der Waals surface area contributed by atoms with Crippen molar-refractivity contribution in [2.75, 3.05) is 40.9 Å². The Morgan fingerprint density at radius 3 is 1.46 bits per heavy atom. The van der Waals surface area contributed by atoms with Crippen molar-refractivity contribution in [3.05, 3.63) is 0 Å². The van der Waals surface area contributed by atoms with Crippen molar-refractivity contribution in [3.8, 4) is 0 Å². The Hall–Kier alpha value is -0.500. The van der Waals surface area contributed by atoms with Gasteiger partial charge in [-0.3, -0.25) is 13.8 Å². The Bertz CT molecular complexity index is 733. The minimum Gasteiger partial charge on any atom is -0.391 e. The van der Waals surface area contributed by atoms with E-state index >= 15 is 0 Å². The topological polar surface area (TPSA) is 105 Å². The lowest BCUT2D eigenvalue weighted by Crippen LogP contribution is -2.46. The number of aliphatic hydroxyl groups excluding tert-OH is 1. The molecule has 0 aliphatic rings.